The molecule has 2 aromatic carbocycles. The Morgan fingerprint density at radius 3 is 2.26 bits per heavy atom. The van der Waals surface area contributed by atoms with E-state index in [1.165, 1.54) is 14.2 Å². The van der Waals surface area contributed by atoms with Crippen molar-refractivity contribution in [3.63, 3.8) is 0 Å². The molecule has 3 aliphatic rings. The highest BCUT2D eigenvalue weighted by molar-refractivity contribution is 5.95. The molecule has 5 amide bonds. The Hall–Kier alpha value is -5.53. The molecule has 4 N–H and O–H groups in total. The highest BCUT2D eigenvalue weighted by Gasteiger charge is 2.27. The second-order valence-corrected chi connectivity index (χ2v) is 12.3. The first-order chi connectivity index (χ1) is 23.9. The van der Waals surface area contributed by atoms with Crippen LogP contribution in [0.15, 0.2) is 54.7 Å². The van der Waals surface area contributed by atoms with E-state index in [4.69, 9.17) is 14.2 Å². The molecule has 6 rings (SSSR count). The predicted molar refractivity (Wildman–Crippen MR) is 185 cm³/mol. The van der Waals surface area contributed by atoms with Crippen LogP contribution in [-0.2, 0) is 28.0 Å². The molecule has 50 heavy (non-hydrogen) atoms. The van der Waals surface area contributed by atoms with Gasteiger partial charge in [-0.25, -0.2) is 0 Å². The average Bonchev–Trinajstić information content (AvgIpc) is 3.53. The van der Waals surface area contributed by atoms with E-state index < -0.39 is 18.0 Å². The van der Waals surface area contributed by atoms with Crippen LogP contribution >= 0.6 is 0 Å². The molecule has 0 fully saturated rings. The van der Waals surface area contributed by atoms with E-state index in [0.717, 1.165) is 5.56 Å². The number of ether oxygens (including phenoxy) is 3. The van der Waals surface area contributed by atoms with Crippen LogP contribution in [0.25, 0.3) is 0 Å². The molecule has 0 radical (unpaired) electrons. The zero-order valence-corrected chi connectivity index (χ0v) is 29.3. The minimum atomic E-state index is -0.907. The monoisotopic (exact) mass is 690 g/mol. The van der Waals surface area contributed by atoms with E-state index in [-0.39, 0.29) is 62.1 Å². The van der Waals surface area contributed by atoms with E-state index in [2.05, 4.69) is 21.3 Å². The number of rotatable bonds is 4. The molecule has 0 saturated heterocycles. The molecule has 0 spiro atoms. The number of amides is 5. The molecule has 0 unspecified atom stereocenters. The van der Waals surface area contributed by atoms with Gasteiger partial charge in [0.25, 0.3) is 11.8 Å². The van der Waals surface area contributed by atoms with Crippen LogP contribution < -0.4 is 35.5 Å². The Balaban J connectivity index is 1.61. The number of aromatic nitrogens is 1. The normalized spacial score (nSPS) is 18.5. The van der Waals surface area contributed by atoms with Crippen LogP contribution in [0.4, 0.5) is 0 Å². The maximum atomic E-state index is 13.4. The van der Waals surface area contributed by atoms with Gasteiger partial charge in [-0.15, -0.1) is 0 Å². The lowest BCUT2D eigenvalue weighted by molar-refractivity contribution is -0.132. The third-order valence-corrected chi connectivity index (χ3v) is 8.31. The van der Waals surface area contributed by atoms with Gasteiger partial charge in [0.1, 0.15) is 17.8 Å². The van der Waals surface area contributed by atoms with Crippen molar-refractivity contribution in [1.29, 1.82) is 0 Å². The summed E-state index contributed by atoms with van der Waals surface area (Å²) in [5.74, 6) is -0.696. The Bertz CT molecular complexity index is 1700. The minimum absolute atomic E-state index is 0.0471. The summed E-state index contributed by atoms with van der Waals surface area (Å²) in [6.45, 7) is 5.89. The van der Waals surface area contributed by atoms with Gasteiger partial charge in [0, 0.05) is 51.4 Å². The molecule has 1 aromatic heterocycles. The van der Waals surface area contributed by atoms with Gasteiger partial charge in [-0.3, -0.25) is 24.0 Å². The van der Waals surface area contributed by atoms with E-state index in [1.54, 1.807) is 78.2 Å². The number of carbonyl (C=O) groups excluding carboxylic acids is 5. The summed E-state index contributed by atoms with van der Waals surface area (Å²) in [7, 11) is 4.72. The molecule has 0 saturated carbocycles. The molecule has 2 atom stereocenters. The van der Waals surface area contributed by atoms with Crippen LogP contribution in [0.5, 0.6) is 23.0 Å². The number of methoxy groups -OCH3 is 2. The van der Waals surface area contributed by atoms with Gasteiger partial charge in [-0.1, -0.05) is 19.9 Å². The topological polar surface area (TPSA) is 169 Å². The maximum absolute atomic E-state index is 13.4. The van der Waals surface area contributed by atoms with Crippen molar-refractivity contribution in [1.82, 2.24) is 30.7 Å². The molecule has 0 aliphatic carbocycles. The van der Waals surface area contributed by atoms with Crippen molar-refractivity contribution in [3.8, 4) is 23.0 Å². The molecule has 268 valence electrons. The fourth-order valence-electron chi connectivity index (χ4n) is 5.41. The van der Waals surface area contributed by atoms with Crippen molar-refractivity contribution in [3.05, 3.63) is 71.5 Å². The zero-order chi connectivity index (χ0) is 36.4. The number of nitrogens with zero attached hydrogens (tertiary/aromatic N) is 2. The first-order valence-electron chi connectivity index (χ1n) is 16.5. The number of carbonyl (C=O) groups is 5. The lowest BCUT2D eigenvalue weighted by Gasteiger charge is -2.25. The van der Waals surface area contributed by atoms with Gasteiger partial charge in [0.15, 0.2) is 23.0 Å². The summed E-state index contributed by atoms with van der Waals surface area (Å²) in [6.07, 6.45) is 2.12. The van der Waals surface area contributed by atoms with Crippen molar-refractivity contribution < 1.29 is 38.2 Å². The van der Waals surface area contributed by atoms with Gasteiger partial charge >= 0.3 is 0 Å². The van der Waals surface area contributed by atoms with Gasteiger partial charge in [0.05, 0.1) is 14.2 Å². The standard InChI is InChI=1S/C36H46N6O8/c1-22(2)32-35(46)38-21-24-11-13-27(29(19-24)48-5)50-28-14-12-25(20-30(28)49-6)34(45)37-15-18-42(36(47)26-9-7-16-41(26)4)17-8-10-31(43)39-23(3)33(44)40-32/h7,9,11-14,16,19-20,22-23,32H,8,10,15,17-18,21H2,1-6H3,(H,37,45)(H,38,46)(H,39,43)(H,40,44)/t23-,32+/m1/s1. The summed E-state index contributed by atoms with van der Waals surface area (Å²) in [4.78, 5) is 67.2. The second kappa shape index (κ2) is 17.2. The minimum Gasteiger partial charge on any atom is -0.493 e. The van der Waals surface area contributed by atoms with Crippen molar-refractivity contribution in [2.24, 2.45) is 13.0 Å². The fourth-order valence-corrected chi connectivity index (χ4v) is 5.41. The summed E-state index contributed by atoms with van der Waals surface area (Å²) in [5, 5.41) is 11.2. The maximum Gasteiger partial charge on any atom is 0.270 e. The summed E-state index contributed by atoms with van der Waals surface area (Å²) < 4.78 is 18.9. The molecule has 4 bridgehead atoms. The molecule has 3 aromatic rings. The first-order valence-corrected chi connectivity index (χ1v) is 16.5. The number of hydrogen-bond donors (Lipinski definition) is 4. The number of hydrogen-bond acceptors (Lipinski definition) is 8. The zero-order valence-electron chi connectivity index (χ0n) is 29.3. The highest BCUT2D eigenvalue weighted by atomic mass is 16.5. The van der Waals surface area contributed by atoms with Gasteiger partial charge in [0.2, 0.25) is 17.7 Å². The van der Waals surface area contributed by atoms with E-state index in [9.17, 15) is 24.0 Å². The molecule has 3 aliphatic heterocycles. The Morgan fingerprint density at radius 1 is 0.900 bits per heavy atom. The number of nitrogens with one attached hydrogen (secondary N) is 4. The first kappa shape index (κ1) is 37.3. The molecule has 14 nitrogen and oxygen atoms in total. The lowest BCUT2D eigenvalue weighted by atomic mass is 10.0. The van der Waals surface area contributed by atoms with Crippen LogP contribution in [0, 0.1) is 5.92 Å². The number of fused-ring (bicyclic) bond motifs is 2. The Labute approximate surface area is 291 Å². The van der Waals surface area contributed by atoms with Gasteiger partial charge < -0.3 is 44.9 Å². The highest BCUT2D eigenvalue weighted by Crippen LogP contribution is 2.37. The van der Waals surface area contributed by atoms with E-state index in [0.29, 0.717) is 40.7 Å². The quantitative estimate of drug-likeness (QED) is 0.324. The average molecular weight is 691 g/mol. The molecule has 4 heterocycles. The third kappa shape index (κ3) is 9.55. The van der Waals surface area contributed by atoms with Crippen molar-refractivity contribution in [2.75, 3.05) is 33.9 Å². The third-order valence-electron chi connectivity index (χ3n) is 8.31. The van der Waals surface area contributed by atoms with Crippen LogP contribution in [0.2, 0.25) is 0 Å². The van der Waals surface area contributed by atoms with E-state index in [1.807, 2.05) is 13.8 Å². The molecule has 14 heteroatoms. The molecular formula is C36H46N6O8. The second-order valence-electron chi connectivity index (χ2n) is 12.3. The van der Waals surface area contributed by atoms with Crippen LogP contribution in [0.1, 0.15) is 60.0 Å². The fraction of sp³-hybridized carbons (Fsp3) is 0.417. The summed E-state index contributed by atoms with van der Waals surface area (Å²) in [5.41, 5.74) is 1.51. The van der Waals surface area contributed by atoms with Gasteiger partial charge in [-0.2, -0.15) is 0 Å². The van der Waals surface area contributed by atoms with Crippen molar-refractivity contribution in [2.45, 2.75) is 52.2 Å². The number of aryl methyl sites for hydroxylation is 1. The van der Waals surface area contributed by atoms with Crippen molar-refractivity contribution >= 4 is 29.5 Å². The lowest BCUT2D eigenvalue weighted by Crippen LogP contribution is -2.54. The Kier molecular flexibility index (Phi) is 12.8. The molecular weight excluding hydrogens is 644 g/mol. The number of benzene rings is 2. The predicted octanol–water partition coefficient (Wildman–Crippen LogP) is 2.76. The van der Waals surface area contributed by atoms with E-state index >= 15 is 0 Å². The summed E-state index contributed by atoms with van der Waals surface area (Å²) in [6, 6.07) is 11.7. The Morgan fingerprint density at radius 2 is 1.60 bits per heavy atom. The SMILES string of the molecule is COc1cc2ccc1Oc1ccc(cc1OC)C(=O)NCCN(C(=O)c1cccn1C)CCCC(=O)N[C@H](C)C(=O)N[C@@H](C(C)C)C(=O)NC2. The van der Waals surface area contributed by atoms with Gasteiger partial charge in [-0.05, 0) is 67.3 Å². The largest absolute Gasteiger partial charge is 0.493 e. The smallest absolute Gasteiger partial charge is 0.270 e. The van der Waals surface area contributed by atoms with Crippen LogP contribution in [0.3, 0.4) is 0 Å². The van der Waals surface area contributed by atoms with Crippen LogP contribution in [-0.4, -0.2) is 84.9 Å². The summed E-state index contributed by atoms with van der Waals surface area (Å²) >= 11 is 0.